The van der Waals surface area contributed by atoms with E-state index < -0.39 is 0 Å². The molecule has 1 saturated carbocycles. The van der Waals surface area contributed by atoms with E-state index in [0.29, 0.717) is 12.0 Å². The molecule has 0 amide bonds. The van der Waals surface area contributed by atoms with Gasteiger partial charge in [0.05, 0.1) is 5.69 Å². The number of aromatic nitrogens is 2. The van der Waals surface area contributed by atoms with Crippen molar-refractivity contribution in [3.8, 4) is 0 Å². The molecule has 0 saturated heterocycles. The van der Waals surface area contributed by atoms with Crippen LogP contribution < -0.4 is 5.32 Å². The van der Waals surface area contributed by atoms with Crippen LogP contribution in [0, 0.1) is 5.41 Å². The van der Waals surface area contributed by atoms with E-state index in [0.717, 1.165) is 25.2 Å². The largest absolute Gasteiger partial charge is 0.396 e. The average Bonchev–Trinajstić information content (AvgIpc) is 2.83. The lowest BCUT2D eigenvalue weighted by Gasteiger charge is -2.13. The van der Waals surface area contributed by atoms with E-state index in [2.05, 4.69) is 10.4 Å². The van der Waals surface area contributed by atoms with Gasteiger partial charge >= 0.3 is 0 Å². The van der Waals surface area contributed by atoms with Crippen LogP contribution in [0.25, 0.3) is 0 Å². The third-order valence-corrected chi connectivity index (χ3v) is 3.17. The lowest BCUT2D eigenvalue weighted by molar-refractivity contribution is 0.245. The van der Waals surface area contributed by atoms with Crippen LogP contribution in [0.1, 0.15) is 25.0 Å². The van der Waals surface area contributed by atoms with Gasteiger partial charge < -0.3 is 10.4 Å². The summed E-state index contributed by atoms with van der Waals surface area (Å²) in [6, 6.07) is 2.03. The minimum Gasteiger partial charge on any atom is -0.396 e. The monoisotopic (exact) mass is 209 g/mol. The second-order valence-corrected chi connectivity index (χ2v) is 4.56. The molecule has 0 unspecified atom stereocenters. The van der Waals surface area contributed by atoms with Crippen LogP contribution >= 0.6 is 0 Å². The maximum atomic E-state index is 8.92. The summed E-state index contributed by atoms with van der Waals surface area (Å²) in [5, 5.41) is 16.6. The first-order chi connectivity index (χ1) is 7.24. The zero-order chi connectivity index (χ0) is 10.7. The lowest BCUT2D eigenvalue weighted by Crippen LogP contribution is -2.24. The maximum absolute atomic E-state index is 8.92. The van der Waals surface area contributed by atoms with Crippen molar-refractivity contribution >= 4 is 0 Å². The summed E-state index contributed by atoms with van der Waals surface area (Å²) >= 11 is 0. The molecule has 1 heterocycles. The Labute approximate surface area is 90.3 Å². The zero-order valence-electron chi connectivity index (χ0n) is 9.24. The van der Waals surface area contributed by atoms with Crippen molar-refractivity contribution < 1.29 is 5.11 Å². The van der Waals surface area contributed by atoms with Gasteiger partial charge in [-0.15, -0.1) is 0 Å². The van der Waals surface area contributed by atoms with E-state index in [1.165, 1.54) is 12.8 Å². The first kappa shape index (κ1) is 10.6. The molecule has 0 bridgehead atoms. The van der Waals surface area contributed by atoms with E-state index in [-0.39, 0.29) is 0 Å². The molecular weight excluding hydrogens is 190 g/mol. The Kier molecular flexibility index (Phi) is 3.07. The van der Waals surface area contributed by atoms with Gasteiger partial charge in [-0.05, 0) is 30.7 Å². The predicted octanol–water partition coefficient (Wildman–Crippen LogP) is 0.672. The van der Waals surface area contributed by atoms with E-state index in [4.69, 9.17) is 5.11 Å². The van der Waals surface area contributed by atoms with Crippen LogP contribution in [0.5, 0.6) is 0 Å². The van der Waals surface area contributed by atoms with E-state index >= 15 is 0 Å². The van der Waals surface area contributed by atoms with E-state index in [1.807, 2.05) is 24.0 Å². The molecule has 0 spiro atoms. The molecule has 4 heteroatoms. The maximum Gasteiger partial charge on any atom is 0.0762 e. The Bertz CT molecular complexity index is 317. The summed E-state index contributed by atoms with van der Waals surface area (Å²) in [6.45, 7) is 2.14. The van der Waals surface area contributed by atoms with Gasteiger partial charge in [-0.2, -0.15) is 5.10 Å². The molecule has 1 aromatic rings. The van der Waals surface area contributed by atoms with Gasteiger partial charge in [0, 0.05) is 32.9 Å². The number of aliphatic hydroxyl groups excluding tert-OH is 1. The van der Waals surface area contributed by atoms with Gasteiger partial charge in [0.15, 0.2) is 0 Å². The summed E-state index contributed by atoms with van der Waals surface area (Å²) < 4.78 is 1.82. The average molecular weight is 209 g/mol. The third kappa shape index (κ3) is 2.79. The van der Waals surface area contributed by atoms with Gasteiger partial charge in [0.2, 0.25) is 0 Å². The van der Waals surface area contributed by atoms with Gasteiger partial charge in [-0.25, -0.2) is 0 Å². The second-order valence-electron chi connectivity index (χ2n) is 4.56. The normalized spacial score (nSPS) is 18.0. The lowest BCUT2D eigenvalue weighted by atomic mass is 10.0. The van der Waals surface area contributed by atoms with Crippen LogP contribution in [0.2, 0.25) is 0 Å². The van der Waals surface area contributed by atoms with Crippen molar-refractivity contribution in [1.29, 1.82) is 0 Å². The molecule has 0 aromatic carbocycles. The Balaban J connectivity index is 1.71. The van der Waals surface area contributed by atoms with Gasteiger partial charge in [-0.3, -0.25) is 4.68 Å². The predicted molar refractivity (Wildman–Crippen MR) is 58.3 cm³/mol. The third-order valence-electron chi connectivity index (χ3n) is 3.17. The highest BCUT2D eigenvalue weighted by Crippen LogP contribution is 2.47. The quantitative estimate of drug-likeness (QED) is 0.724. The topological polar surface area (TPSA) is 50.1 Å². The Morgan fingerprint density at radius 3 is 2.93 bits per heavy atom. The van der Waals surface area contributed by atoms with Crippen LogP contribution in [0.4, 0.5) is 0 Å². The fourth-order valence-corrected chi connectivity index (χ4v) is 1.94. The fraction of sp³-hybridized carbons (Fsp3) is 0.727. The van der Waals surface area contributed by atoms with Crippen LogP contribution in [-0.2, 0) is 13.6 Å². The van der Waals surface area contributed by atoms with Crippen molar-refractivity contribution in [2.45, 2.75) is 25.8 Å². The number of hydrogen-bond acceptors (Lipinski definition) is 3. The standard InChI is InChI=1S/C11H19N3O/c1-14-6-2-10(13-14)8-12-9-11(3-4-11)5-7-15/h2,6,12,15H,3-5,7-9H2,1H3. The summed E-state index contributed by atoms with van der Waals surface area (Å²) in [5.41, 5.74) is 1.47. The van der Waals surface area contributed by atoms with Crippen molar-refractivity contribution in [2.24, 2.45) is 12.5 Å². The highest BCUT2D eigenvalue weighted by Gasteiger charge is 2.41. The van der Waals surface area contributed by atoms with Crippen molar-refractivity contribution in [3.05, 3.63) is 18.0 Å². The molecule has 0 radical (unpaired) electrons. The minimum absolute atomic E-state index is 0.311. The van der Waals surface area contributed by atoms with E-state index in [1.54, 1.807) is 0 Å². The Morgan fingerprint density at radius 1 is 1.60 bits per heavy atom. The SMILES string of the molecule is Cn1ccc(CNCC2(CCO)CC2)n1. The molecule has 2 rings (SSSR count). The van der Waals surface area contributed by atoms with Gasteiger partial charge in [-0.1, -0.05) is 0 Å². The first-order valence-electron chi connectivity index (χ1n) is 5.54. The molecule has 1 aromatic heterocycles. The van der Waals surface area contributed by atoms with Gasteiger partial charge in [0.1, 0.15) is 0 Å². The molecule has 0 atom stereocenters. The highest BCUT2D eigenvalue weighted by atomic mass is 16.3. The number of aryl methyl sites for hydroxylation is 1. The first-order valence-corrected chi connectivity index (χ1v) is 5.54. The number of nitrogens with one attached hydrogen (secondary N) is 1. The molecule has 1 aliphatic rings. The molecule has 4 nitrogen and oxygen atoms in total. The van der Waals surface area contributed by atoms with Crippen LogP contribution in [0.3, 0.4) is 0 Å². The molecule has 1 fully saturated rings. The number of nitrogens with zero attached hydrogens (tertiary/aromatic N) is 2. The smallest absolute Gasteiger partial charge is 0.0762 e. The van der Waals surface area contributed by atoms with Crippen molar-refractivity contribution in [2.75, 3.05) is 13.2 Å². The molecule has 1 aliphatic carbocycles. The minimum atomic E-state index is 0.311. The highest BCUT2D eigenvalue weighted by molar-refractivity contribution is 5.00. The molecule has 84 valence electrons. The summed E-state index contributed by atoms with van der Waals surface area (Å²) in [5.74, 6) is 0. The van der Waals surface area contributed by atoms with Gasteiger partial charge in [0.25, 0.3) is 0 Å². The second kappa shape index (κ2) is 4.33. The number of aliphatic hydroxyl groups is 1. The Hall–Kier alpha value is -0.870. The molecule has 2 N–H and O–H groups in total. The van der Waals surface area contributed by atoms with E-state index in [9.17, 15) is 0 Å². The molecule has 15 heavy (non-hydrogen) atoms. The summed E-state index contributed by atoms with van der Waals surface area (Å²) in [4.78, 5) is 0. The van der Waals surface area contributed by atoms with Crippen molar-refractivity contribution in [3.63, 3.8) is 0 Å². The van der Waals surface area contributed by atoms with Crippen molar-refractivity contribution in [1.82, 2.24) is 15.1 Å². The number of hydrogen-bond donors (Lipinski definition) is 2. The summed E-state index contributed by atoms with van der Waals surface area (Å²) in [6.07, 6.45) is 5.39. The molecular formula is C11H19N3O. The van der Waals surface area contributed by atoms with Crippen LogP contribution in [0.15, 0.2) is 12.3 Å². The number of rotatable bonds is 6. The van der Waals surface area contributed by atoms with Crippen LogP contribution in [-0.4, -0.2) is 28.0 Å². The molecule has 0 aliphatic heterocycles. The Morgan fingerprint density at radius 2 is 2.40 bits per heavy atom. The fourth-order valence-electron chi connectivity index (χ4n) is 1.94. The zero-order valence-corrected chi connectivity index (χ0v) is 9.24. The summed E-state index contributed by atoms with van der Waals surface area (Å²) in [7, 11) is 1.93.